The fraction of sp³-hybridized carbons (Fsp3) is 0.364. The Kier molecular flexibility index (Phi) is 5.78. The second kappa shape index (κ2) is 6.87. The average Bonchev–Trinajstić information content (AvgIpc) is 2.28. The number of nitrogens with zero attached hydrogens (tertiary/aromatic N) is 1. The summed E-state index contributed by atoms with van der Waals surface area (Å²) in [5.41, 5.74) is 0.747. The summed E-state index contributed by atoms with van der Waals surface area (Å²) in [6.45, 7) is 0.689. The lowest BCUT2D eigenvalue weighted by atomic mass is 10.1. The summed E-state index contributed by atoms with van der Waals surface area (Å²) in [5, 5.41) is 21.3. The first-order chi connectivity index (χ1) is 7.69. The number of hydrogen-bond donors (Lipinski definition) is 2. The van der Waals surface area contributed by atoms with Crippen LogP contribution in [-0.2, 0) is 0 Å². The molecule has 0 amide bonds. The molecule has 0 saturated carbocycles. The lowest BCUT2D eigenvalue weighted by Gasteiger charge is -2.13. The minimum atomic E-state index is -0.448. The van der Waals surface area contributed by atoms with Gasteiger partial charge in [-0.15, -0.1) is 0 Å². The molecule has 16 heavy (non-hydrogen) atoms. The van der Waals surface area contributed by atoms with Gasteiger partial charge in [0.25, 0.3) is 0 Å². The minimum absolute atomic E-state index is 0.108. The molecule has 0 fully saturated rings. The molecule has 0 saturated heterocycles. The van der Waals surface area contributed by atoms with Crippen molar-refractivity contribution in [1.82, 2.24) is 5.32 Å². The van der Waals surface area contributed by atoms with Gasteiger partial charge >= 0.3 is 0 Å². The zero-order valence-electron chi connectivity index (χ0n) is 8.58. The second-order valence-electron chi connectivity index (χ2n) is 3.26. The van der Waals surface area contributed by atoms with Crippen LogP contribution in [-0.4, -0.2) is 18.3 Å². The minimum Gasteiger partial charge on any atom is -0.396 e. The van der Waals surface area contributed by atoms with E-state index in [1.54, 1.807) is 6.07 Å². The summed E-state index contributed by atoms with van der Waals surface area (Å²) in [7, 11) is 0. The Bertz CT molecular complexity index is 392. The van der Waals surface area contributed by atoms with Crippen LogP contribution in [0, 0.1) is 11.3 Å². The van der Waals surface area contributed by atoms with Gasteiger partial charge < -0.3 is 5.11 Å². The van der Waals surface area contributed by atoms with Gasteiger partial charge in [0.2, 0.25) is 0 Å². The first-order valence-corrected chi connectivity index (χ1v) is 6.05. The first-order valence-electron chi connectivity index (χ1n) is 4.88. The van der Waals surface area contributed by atoms with E-state index in [1.807, 2.05) is 12.1 Å². The van der Waals surface area contributed by atoms with Gasteiger partial charge in [0, 0.05) is 21.7 Å². The lowest BCUT2D eigenvalue weighted by Crippen LogP contribution is -2.22. The van der Waals surface area contributed by atoms with E-state index >= 15 is 0 Å². The molecule has 0 aliphatic carbocycles. The quantitative estimate of drug-likeness (QED) is 0.822. The molecular weight excluding hydrogens is 291 g/mol. The zero-order valence-corrected chi connectivity index (χ0v) is 10.9. The van der Waals surface area contributed by atoms with Gasteiger partial charge in [-0.1, -0.05) is 27.5 Å². The number of rotatable bonds is 5. The molecule has 1 rings (SSSR count). The number of nitrogens with one attached hydrogen (secondary N) is 1. The smallest absolute Gasteiger partial charge is 0.122 e. The number of hydrogen-bond acceptors (Lipinski definition) is 3. The summed E-state index contributed by atoms with van der Waals surface area (Å²) >= 11 is 9.36. The van der Waals surface area contributed by atoms with Crippen LogP contribution in [0.25, 0.3) is 0 Å². The molecule has 2 N–H and O–H groups in total. The Hall–Kier alpha value is -0.600. The highest BCUT2D eigenvalue weighted by Gasteiger charge is 2.13. The van der Waals surface area contributed by atoms with Gasteiger partial charge in [0.05, 0.1) is 6.07 Å². The molecule has 0 aliphatic rings. The molecule has 1 unspecified atom stereocenters. The molecule has 86 valence electrons. The topological polar surface area (TPSA) is 56.0 Å². The molecule has 1 aromatic rings. The third kappa shape index (κ3) is 3.76. The summed E-state index contributed by atoms with van der Waals surface area (Å²) in [5.74, 6) is 0. The lowest BCUT2D eigenvalue weighted by molar-refractivity contribution is 0.285. The van der Waals surface area contributed by atoms with Crippen molar-refractivity contribution in [2.45, 2.75) is 12.5 Å². The first kappa shape index (κ1) is 13.5. The molecule has 1 aromatic carbocycles. The molecule has 0 aromatic heterocycles. The predicted octanol–water partition coefficient (Wildman–Crippen LogP) is 2.64. The number of aliphatic hydroxyl groups is 1. The number of benzene rings is 1. The molecule has 0 aliphatic heterocycles. The van der Waals surface area contributed by atoms with E-state index in [2.05, 4.69) is 27.3 Å². The number of halogens is 2. The maximum atomic E-state index is 9.05. The van der Waals surface area contributed by atoms with Gasteiger partial charge in [-0.3, -0.25) is 5.32 Å². The highest BCUT2D eigenvalue weighted by Crippen LogP contribution is 2.26. The van der Waals surface area contributed by atoms with Gasteiger partial charge in [-0.25, -0.2) is 0 Å². The van der Waals surface area contributed by atoms with Crippen LogP contribution in [0.1, 0.15) is 18.0 Å². The Labute approximate surface area is 108 Å². The summed E-state index contributed by atoms with van der Waals surface area (Å²) < 4.78 is 0.885. The molecule has 5 heteroatoms. The van der Waals surface area contributed by atoms with Gasteiger partial charge in [0.1, 0.15) is 6.04 Å². The van der Waals surface area contributed by atoms with E-state index in [0.29, 0.717) is 18.0 Å². The average molecular weight is 304 g/mol. The van der Waals surface area contributed by atoms with E-state index in [9.17, 15) is 0 Å². The van der Waals surface area contributed by atoms with E-state index in [1.165, 1.54) is 0 Å². The third-order valence-electron chi connectivity index (χ3n) is 2.08. The highest BCUT2D eigenvalue weighted by atomic mass is 79.9. The van der Waals surface area contributed by atoms with Crippen LogP contribution in [0.3, 0.4) is 0 Å². The van der Waals surface area contributed by atoms with Crippen LogP contribution in [0.4, 0.5) is 0 Å². The standard InChI is InChI=1S/C11H12BrClN2O/c12-8-2-3-10(13)9(6-8)11(7-14)15-4-1-5-16/h2-3,6,11,15-16H,1,4-5H2. The van der Waals surface area contributed by atoms with Crippen LogP contribution in [0.15, 0.2) is 22.7 Å². The number of nitriles is 1. The van der Waals surface area contributed by atoms with Crippen LogP contribution < -0.4 is 5.32 Å². The van der Waals surface area contributed by atoms with Crippen molar-refractivity contribution in [2.24, 2.45) is 0 Å². The monoisotopic (exact) mass is 302 g/mol. The van der Waals surface area contributed by atoms with Crippen molar-refractivity contribution in [3.05, 3.63) is 33.3 Å². The van der Waals surface area contributed by atoms with Crippen molar-refractivity contribution >= 4 is 27.5 Å². The van der Waals surface area contributed by atoms with E-state index in [0.717, 1.165) is 10.0 Å². The van der Waals surface area contributed by atoms with Crippen molar-refractivity contribution in [1.29, 1.82) is 5.26 Å². The van der Waals surface area contributed by atoms with Crippen molar-refractivity contribution < 1.29 is 5.11 Å². The SMILES string of the molecule is N#CC(NCCCO)c1cc(Br)ccc1Cl. The summed E-state index contributed by atoms with van der Waals surface area (Å²) in [6.07, 6.45) is 0.615. The highest BCUT2D eigenvalue weighted by molar-refractivity contribution is 9.10. The molecule has 0 spiro atoms. The Morgan fingerprint density at radius 1 is 1.56 bits per heavy atom. The Balaban J connectivity index is 2.79. The fourth-order valence-electron chi connectivity index (χ4n) is 1.29. The van der Waals surface area contributed by atoms with Crippen molar-refractivity contribution in [3.8, 4) is 6.07 Å². The largest absolute Gasteiger partial charge is 0.396 e. The maximum Gasteiger partial charge on any atom is 0.122 e. The summed E-state index contributed by atoms with van der Waals surface area (Å²) in [6, 6.07) is 7.10. The van der Waals surface area contributed by atoms with Crippen LogP contribution >= 0.6 is 27.5 Å². The van der Waals surface area contributed by atoms with Gasteiger partial charge in [0.15, 0.2) is 0 Å². The van der Waals surface area contributed by atoms with Crippen LogP contribution in [0.5, 0.6) is 0 Å². The normalized spacial score (nSPS) is 12.1. The van der Waals surface area contributed by atoms with Gasteiger partial charge in [-0.05, 0) is 31.2 Å². The van der Waals surface area contributed by atoms with Crippen molar-refractivity contribution in [2.75, 3.05) is 13.2 Å². The molecule has 0 radical (unpaired) electrons. The maximum absolute atomic E-state index is 9.05. The Morgan fingerprint density at radius 2 is 2.31 bits per heavy atom. The van der Waals surface area contributed by atoms with E-state index < -0.39 is 6.04 Å². The predicted molar refractivity (Wildman–Crippen MR) is 67.2 cm³/mol. The molecule has 1 atom stereocenters. The molecule has 0 bridgehead atoms. The van der Waals surface area contributed by atoms with Crippen molar-refractivity contribution in [3.63, 3.8) is 0 Å². The molecule has 0 heterocycles. The number of aliphatic hydroxyl groups excluding tert-OH is 1. The Morgan fingerprint density at radius 3 is 2.94 bits per heavy atom. The third-order valence-corrected chi connectivity index (χ3v) is 2.92. The van der Waals surface area contributed by atoms with Gasteiger partial charge in [-0.2, -0.15) is 5.26 Å². The van der Waals surface area contributed by atoms with Crippen LogP contribution in [0.2, 0.25) is 5.02 Å². The van der Waals surface area contributed by atoms with E-state index in [-0.39, 0.29) is 6.61 Å². The van der Waals surface area contributed by atoms with E-state index in [4.69, 9.17) is 22.0 Å². The fourth-order valence-corrected chi connectivity index (χ4v) is 1.89. The zero-order chi connectivity index (χ0) is 12.0. The molecular formula is C11H12BrClN2O. The summed E-state index contributed by atoms with van der Waals surface area (Å²) in [4.78, 5) is 0. The second-order valence-corrected chi connectivity index (χ2v) is 4.58. The molecule has 3 nitrogen and oxygen atoms in total.